The van der Waals surface area contributed by atoms with E-state index in [1.54, 1.807) is 14.2 Å². The van der Waals surface area contributed by atoms with Crippen LogP contribution in [0.4, 0.5) is 5.69 Å². The molecule has 0 radical (unpaired) electrons. The molecule has 6 heteroatoms. The van der Waals surface area contributed by atoms with Gasteiger partial charge in [0.25, 0.3) is 0 Å². The molecule has 36 heavy (non-hydrogen) atoms. The van der Waals surface area contributed by atoms with Gasteiger partial charge < -0.3 is 24.1 Å². The number of nitrogens with one attached hydrogen (secondary N) is 1. The van der Waals surface area contributed by atoms with Gasteiger partial charge in [0.1, 0.15) is 5.75 Å². The number of rotatable bonds is 9. The Balaban J connectivity index is 1.14. The third kappa shape index (κ3) is 5.00. The summed E-state index contributed by atoms with van der Waals surface area (Å²) in [6.45, 7) is 7.99. The van der Waals surface area contributed by atoms with E-state index < -0.39 is 0 Å². The molecule has 0 amide bonds. The molecule has 6 nitrogen and oxygen atoms in total. The molecule has 0 spiro atoms. The van der Waals surface area contributed by atoms with Gasteiger partial charge in [-0.05, 0) is 49.2 Å². The van der Waals surface area contributed by atoms with Gasteiger partial charge in [-0.1, -0.05) is 30.3 Å². The van der Waals surface area contributed by atoms with Gasteiger partial charge in [0.2, 0.25) is 0 Å². The molecule has 5 rings (SSSR count). The molecule has 4 aromatic rings. The number of aromatic amines is 1. The molecule has 1 N–H and O–H groups in total. The highest BCUT2D eigenvalue weighted by Gasteiger charge is 2.19. The van der Waals surface area contributed by atoms with Crippen LogP contribution in [0.1, 0.15) is 12.0 Å². The number of anilines is 1. The summed E-state index contributed by atoms with van der Waals surface area (Å²) in [4.78, 5) is 8.52. The highest BCUT2D eigenvalue weighted by atomic mass is 16.5. The largest absolute Gasteiger partial charge is 0.493 e. The molecule has 0 bridgehead atoms. The second kappa shape index (κ2) is 11.0. The van der Waals surface area contributed by atoms with Crippen molar-refractivity contribution in [3.8, 4) is 28.5 Å². The molecular formula is C30H35N3O3. The monoisotopic (exact) mass is 485 g/mol. The van der Waals surface area contributed by atoms with Crippen molar-refractivity contribution in [1.29, 1.82) is 0 Å². The van der Waals surface area contributed by atoms with E-state index >= 15 is 0 Å². The van der Waals surface area contributed by atoms with Crippen LogP contribution in [0.3, 0.4) is 0 Å². The van der Waals surface area contributed by atoms with Crippen LogP contribution >= 0.6 is 0 Å². The van der Waals surface area contributed by atoms with E-state index in [1.807, 2.05) is 12.1 Å². The van der Waals surface area contributed by atoms with Crippen LogP contribution in [-0.4, -0.2) is 63.4 Å². The first-order chi connectivity index (χ1) is 17.7. The molecule has 0 atom stereocenters. The van der Waals surface area contributed by atoms with Crippen LogP contribution in [-0.2, 0) is 0 Å². The Hall–Kier alpha value is -3.64. The zero-order chi connectivity index (χ0) is 24.9. The summed E-state index contributed by atoms with van der Waals surface area (Å²) in [5.41, 5.74) is 5.85. The maximum Gasteiger partial charge on any atom is 0.162 e. The van der Waals surface area contributed by atoms with Gasteiger partial charge in [-0.15, -0.1) is 0 Å². The summed E-state index contributed by atoms with van der Waals surface area (Å²) in [6.07, 6.45) is 0.996. The normalized spacial score (nSPS) is 14.2. The fraction of sp³-hybridized carbons (Fsp3) is 0.333. The van der Waals surface area contributed by atoms with Gasteiger partial charge in [0.15, 0.2) is 11.5 Å². The Kier molecular flexibility index (Phi) is 7.33. The molecule has 2 heterocycles. The van der Waals surface area contributed by atoms with Crippen molar-refractivity contribution < 1.29 is 14.2 Å². The number of piperazine rings is 1. The van der Waals surface area contributed by atoms with E-state index in [0.29, 0.717) is 6.61 Å². The maximum absolute atomic E-state index is 6.29. The average Bonchev–Trinajstić information content (AvgIpc) is 3.27. The Bertz CT molecular complexity index is 1310. The van der Waals surface area contributed by atoms with Crippen molar-refractivity contribution in [1.82, 2.24) is 9.88 Å². The number of benzene rings is 3. The van der Waals surface area contributed by atoms with Crippen molar-refractivity contribution >= 4 is 16.6 Å². The zero-order valence-corrected chi connectivity index (χ0v) is 21.4. The van der Waals surface area contributed by atoms with Crippen LogP contribution < -0.4 is 19.1 Å². The maximum atomic E-state index is 6.29. The van der Waals surface area contributed by atoms with Crippen molar-refractivity contribution in [3.63, 3.8) is 0 Å². The summed E-state index contributed by atoms with van der Waals surface area (Å²) in [6, 6.07) is 22.9. The number of hydrogen-bond donors (Lipinski definition) is 1. The Morgan fingerprint density at radius 3 is 2.33 bits per heavy atom. The second-order valence-corrected chi connectivity index (χ2v) is 9.24. The standard InChI is InChI=1S/C30H35N3O3/c1-22-24-9-4-6-11-26(24)31-30(22)25-10-5-7-12-27(25)36-20-8-15-32-16-18-33(19-17-32)23-13-14-28(34-2)29(21-23)35-3/h4-7,9-14,21,31H,8,15-20H2,1-3H3. The van der Waals surface area contributed by atoms with Gasteiger partial charge in [-0.2, -0.15) is 0 Å². The van der Waals surface area contributed by atoms with Crippen molar-refractivity contribution in [2.75, 3.05) is 58.5 Å². The highest BCUT2D eigenvalue weighted by molar-refractivity contribution is 5.91. The molecular weight excluding hydrogens is 450 g/mol. The first kappa shape index (κ1) is 24.1. The topological polar surface area (TPSA) is 50.0 Å². The number of aryl methyl sites for hydroxylation is 1. The first-order valence-electron chi connectivity index (χ1n) is 12.7. The number of para-hydroxylation sites is 2. The van der Waals surface area contributed by atoms with E-state index in [4.69, 9.17) is 14.2 Å². The van der Waals surface area contributed by atoms with Gasteiger partial charge in [0, 0.05) is 60.9 Å². The van der Waals surface area contributed by atoms with Crippen LogP contribution in [0.2, 0.25) is 0 Å². The number of methoxy groups -OCH3 is 2. The molecule has 1 saturated heterocycles. The van der Waals surface area contributed by atoms with Crippen molar-refractivity contribution in [3.05, 3.63) is 72.3 Å². The van der Waals surface area contributed by atoms with E-state index in [-0.39, 0.29) is 0 Å². The molecule has 1 aliphatic rings. The molecule has 188 valence electrons. The lowest BCUT2D eigenvalue weighted by molar-refractivity contribution is 0.225. The summed E-state index contributed by atoms with van der Waals surface area (Å²) in [5, 5.41) is 1.26. The summed E-state index contributed by atoms with van der Waals surface area (Å²) >= 11 is 0. The lowest BCUT2D eigenvalue weighted by atomic mass is 10.1. The van der Waals surface area contributed by atoms with Gasteiger partial charge in [-0.3, -0.25) is 4.90 Å². The highest BCUT2D eigenvalue weighted by Crippen LogP contribution is 2.35. The summed E-state index contributed by atoms with van der Waals surface area (Å²) in [7, 11) is 3.35. The predicted octanol–water partition coefficient (Wildman–Crippen LogP) is 5.75. The molecule has 3 aromatic carbocycles. The van der Waals surface area contributed by atoms with Crippen LogP contribution in [0.15, 0.2) is 66.7 Å². The number of ether oxygens (including phenoxy) is 3. The van der Waals surface area contributed by atoms with E-state index in [9.17, 15) is 0 Å². The molecule has 0 unspecified atom stereocenters. The van der Waals surface area contributed by atoms with E-state index in [1.165, 1.54) is 16.6 Å². The molecule has 1 aromatic heterocycles. The number of fused-ring (bicyclic) bond motifs is 1. The zero-order valence-electron chi connectivity index (χ0n) is 21.4. The lowest BCUT2D eigenvalue weighted by Gasteiger charge is -2.36. The first-order valence-corrected chi connectivity index (χ1v) is 12.7. The minimum absolute atomic E-state index is 0.701. The van der Waals surface area contributed by atoms with Gasteiger partial charge >= 0.3 is 0 Å². The number of aromatic nitrogens is 1. The quantitative estimate of drug-likeness (QED) is 0.306. The summed E-state index contributed by atoms with van der Waals surface area (Å²) in [5.74, 6) is 2.48. The minimum Gasteiger partial charge on any atom is -0.493 e. The van der Waals surface area contributed by atoms with Crippen molar-refractivity contribution in [2.24, 2.45) is 0 Å². The Labute approximate surface area is 213 Å². The number of H-pyrrole nitrogens is 1. The minimum atomic E-state index is 0.701. The van der Waals surface area contributed by atoms with Gasteiger partial charge in [-0.25, -0.2) is 0 Å². The summed E-state index contributed by atoms with van der Waals surface area (Å²) < 4.78 is 17.1. The lowest BCUT2D eigenvalue weighted by Crippen LogP contribution is -2.46. The predicted molar refractivity (Wildman–Crippen MR) is 147 cm³/mol. The number of nitrogens with zero attached hydrogens (tertiary/aromatic N) is 2. The van der Waals surface area contributed by atoms with Gasteiger partial charge in [0.05, 0.1) is 26.5 Å². The van der Waals surface area contributed by atoms with E-state index in [0.717, 1.165) is 73.2 Å². The molecule has 1 fully saturated rings. The third-order valence-corrected chi connectivity index (χ3v) is 7.10. The van der Waals surface area contributed by atoms with Crippen LogP contribution in [0.25, 0.3) is 22.2 Å². The fourth-order valence-corrected chi connectivity index (χ4v) is 5.07. The van der Waals surface area contributed by atoms with E-state index in [2.05, 4.69) is 76.3 Å². The Morgan fingerprint density at radius 2 is 1.56 bits per heavy atom. The average molecular weight is 486 g/mol. The molecule has 0 saturated carbocycles. The second-order valence-electron chi connectivity index (χ2n) is 9.24. The Morgan fingerprint density at radius 1 is 0.806 bits per heavy atom. The van der Waals surface area contributed by atoms with Crippen LogP contribution in [0, 0.1) is 6.92 Å². The fourth-order valence-electron chi connectivity index (χ4n) is 5.07. The van der Waals surface area contributed by atoms with Crippen LogP contribution in [0.5, 0.6) is 17.2 Å². The number of hydrogen-bond acceptors (Lipinski definition) is 5. The molecule has 0 aliphatic carbocycles. The smallest absolute Gasteiger partial charge is 0.162 e. The molecule has 1 aliphatic heterocycles. The SMILES string of the molecule is COc1ccc(N2CCN(CCCOc3ccccc3-c3[nH]c4ccccc4c3C)CC2)cc1OC. The third-order valence-electron chi connectivity index (χ3n) is 7.10. The van der Waals surface area contributed by atoms with Crippen molar-refractivity contribution in [2.45, 2.75) is 13.3 Å².